The van der Waals surface area contributed by atoms with Crippen molar-refractivity contribution in [2.75, 3.05) is 5.32 Å². The highest BCUT2D eigenvalue weighted by Crippen LogP contribution is 2.46. The van der Waals surface area contributed by atoms with E-state index in [2.05, 4.69) is 44.1 Å². The van der Waals surface area contributed by atoms with E-state index >= 15 is 0 Å². The molecule has 2 nitrogen and oxygen atoms in total. The molecule has 21 heavy (non-hydrogen) atoms. The molecule has 0 unspecified atom stereocenters. The van der Waals surface area contributed by atoms with Gasteiger partial charge in [0.1, 0.15) is 0 Å². The first-order chi connectivity index (χ1) is 9.72. The van der Waals surface area contributed by atoms with E-state index in [1.54, 1.807) is 11.3 Å². The van der Waals surface area contributed by atoms with Crippen molar-refractivity contribution in [3.05, 3.63) is 23.2 Å². The molecule has 1 aromatic carbocycles. The van der Waals surface area contributed by atoms with E-state index in [4.69, 9.17) is 11.6 Å². The monoisotopic (exact) mass is 322 g/mol. The van der Waals surface area contributed by atoms with Crippen LogP contribution in [0.1, 0.15) is 47.0 Å². The highest BCUT2D eigenvalue weighted by Gasteiger charge is 2.38. The van der Waals surface area contributed by atoms with Crippen LogP contribution in [0.2, 0.25) is 5.02 Å². The normalized spacial score (nSPS) is 21.6. The molecule has 1 saturated carbocycles. The third-order valence-corrected chi connectivity index (χ3v) is 5.44. The second kappa shape index (κ2) is 5.13. The molecule has 0 saturated heterocycles. The van der Waals surface area contributed by atoms with Gasteiger partial charge in [-0.2, -0.15) is 0 Å². The first-order valence-corrected chi connectivity index (χ1v) is 8.75. The zero-order valence-electron chi connectivity index (χ0n) is 13.2. The first-order valence-electron chi connectivity index (χ1n) is 7.55. The van der Waals surface area contributed by atoms with Crippen molar-refractivity contribution >= 4 is 38.3 Å². The zero-order chi connectivity index (χ0) is 15.3. The minimum Gasteiger partial charge on any atom is -0.359 e. The second-order valence-corrected chi connectivity index (χ2v) is 9.35. The number of nitrogens with zero attached hydrogens (tertiary/aromatic N) is 1. The van der Waals surface area contributed by atoms with Crippen LogP contribution in [-0.4, -0.2) is 11.0 Å². The van der Waals surface area contributed by atoms with E-state index in [-0.39, 0.29) is 0 Å². The summed E-state index contributed by atoms with van der Waals surface area (Å²) in [4.78, 5) is 4.69. The maximum absolute atomic E-state index is 6.04. The van der Waals surface area contributed by atoms with E-state index in [1.807, 2.05) is 12.1 Å². The molecular formula is C17H23ClN2S. The van der Waals surface area contributed by atoms with Crippen molar-refractivity contribution in [3.63, 3.8) is 0 Å². The summed E-state index contributed by atoms with van der Waals surface area (Å²) in [6.07, 6.45) is 3.69. The summed E-state index contributed by atoms with van der Waals surface area (Å²) in [5.74, 6) is 0. The van der Waals surface area contributed by atoms with Crippen LogP contribution in [0.25, 0.3) is 10.2 Å². The van der Waals surface area contributed by atoms with Crippen LogP contribution in [0.3, 0.4) is 0 Å². The lowest BCUT2D eigenvalue weighted by Crippen LogP contribution is -2.40. The van der Waals surface area contributed by atoms with Crippen molar-refractivity contribution in [1.82, 2.24) is 4.98 Å². The van der Waals surface area contributed by atoms with Gasteiger partial charge in [0, 0.05) is 11.1 Å². The molecule has 0 radical (unpaired) electrons. The van der Waals surface area contributed by atoms with Crippen molar-refractivity contribution in [2.24, 2.45) is 10.8 Å². The molecule has 114 valence electrons. The van der Waals surface area contributed by atoms with Gasteiger partial charge in [0.05, 0.1) is 10.2 Å². The SMILES string of the molecule is CC1(C)CC(Nc2nc3cc(Cl)ccc3s2)CC(C)(C)C1. The van der Waals surface area contributed by atoms with Gasteiger partial charge in [-0.25, -0.2) is 4.98 Å². The van der Waals surface area contributed by atoms with Gasteiger partial charge >= 0.3 is 0 Å². The summed E-state index contributed by atoms with van der Waals surface area (Å²) in [6, 6.07) is 6.42. The van der Waals surface area contributed by atoms with Gasteiger partial charge in [-0.1, -0.05) is 50.6 Å². The van der Waals surface area contributed by atoms with Crippen molar-refractivity contribution in [3.8, 4) is 0 Å². The molecule has 0 bridgehead atoms. The number of hydrogen-bond donors (Lipinski definition) is 1. The van der Waals surface area contributed by atoms with E-state index in [1.165, 1.54) is 24.0 Å². The number of benzene rings is 1. The summed E-state index contributed by atoms with van der Waals surface area (Å²) >= 11 is 7.76. The van der Waals surface area contributed by atoms with Gasteiger partial charge in [0.15, 0.2) is 5.13 Å². The standard InChI is InChI=1S/C17H23ClN2S/c1-16(2)8-12(9-17(3,4)10-16)19-15-20-13-7-11(18)5-6-14(13)21-15/h5-7,12H,8-10H2,1-4H3,(H,19,20). The smallest absolute Gasteiger partial charge is 0.184 e. The lowest BCUT2D eigenvalue weighted by atomic mass is 9.63. The summed E-state index contributed by atoms with van der Waals surface area (Å²) in [5, 5.41) is 5.43. The van der Waals surface area contributed by atoms with Crippen LogP contribution < -0.4 is 5.32 Å². The molecular weight excluding hydrogens is 300 g/mol. The Labute approximate surface area is 135 Å². The summed E-state index contributed by atoms with van der Waals surface area (Å²) in [7, 11) is 0. The minimum absolute atomic E-state index is 0.388. The van der Waals surface area contributed by atoms with Crippen molar-refractivity contribution in [1.29, 1.82) is 0 Å². The number of nitrogens with one attached hydrogen (secondary N) is 1. The van der Waals surface area contributed by atoms with Crippen LogP contribution in [-0.2, 0) is 0 Å². The molecule has 0 aliphatic heterocycles. The number of halogens is 1. The molecule has 1 aliphatic carbocycles. The number of rotatable bonds is 2. The molecule has 1 aliphatic rings. The van der Waals surface area contributed by atoms with Gasteiger partial charge in [-0.3, -0.25) is 0 Å². The average molecular weight is 323 g/mol. The summed E-state index contributed by atoms with van der Waals surface area (Å²) in [6.45, 7) is 9.50. The van der Waals surface area contributed by atoms with Crippen molar-refractivity contribution < 1.29 is 0 Å². The lowest BCUT2D eigenvalue weighted by molar-refractivity contribution is 0.105. The number of aromatic nitrogens is 1. The van der Waals surface area contributed by atoms with E-state index in [0.717, 1.165) is 15.7 Å². The van der Waals surface area contributed by atoms with E-state index in [9.17, 15) is 0 Å². The number of fused-ring (bicyclic) bond motifs is 1. The predicted octanol–water partition coefficient (Wildman–Crippen LogP) is 5.97. The molecule has 0 amide bonds. The Morgan fingerprint density at radius 3 is 2.52 bits per heavy atom. The zero-order valence-corrected chi connectivity index (χ0v) is 14.7. The second-order valence-electron chi connectivity index (χ2n) is 7.89. The predicted molar refractivity (Wildman–Crippen MR) is 93.5 cm³/mol. The Morgan fingerprint density at radius 1 is 1.19 bits per heavy atom. The Hall–Kier alpha value is -0.800. The fourth-order valence-electron chi connectivity index (χ4n) is 4.09. The molecule has 0 atom stereocenters. The quantitative estimate of drug-likeness (QED) is 0.737. The summed E-state index contributed by atoms with van der Waals surface area (Å²) < 4.78 is 1.19. The minimum atomic E-state index is 0.388. The number of thiazole rings is 1. The molecule has 2 aromatic rings. The maximum atomic E-state index is 6.04. The van der Waals surface area contributed by atoms with Gasteiger partial charge < -0.3 is 5.32 Å². The Morgan fingerprint density at radius 2 is 1.86 bits per heavy atom. The fourth-order valence-corrected chi connectivity index (χ4v) is 5.17. The molecule has 0 spiro atoms. The van der Waals surface area contributed by atoms with Crippen LogP contribution >= 0.6 is 22.9 Å². The topological polar surface area (TPSA) is 24.9 Å². The molecule has 1 N–H and O–H groups in total. The Bertz CT molecular complexity index is 644. The third kappa shape index (κ3) is 3.51. The van der Waals surface area contributed by atoms with Gasteiger partial charge in [-0.15, -0.1) is 0 Å². The largest absolute Gasteiger partial charge is 0.359 e. The van der Waals surface area contributed by atoms with Crippen LogP contribution in [0, 0.1) is 10.8 Å². The highest BCUT2D eigenvalue weighted by atomic mass is 35.5. The van der Waals surface area contributed by atoms with E-state index in [0.29, 0.717) is 16.9 Å². The highest BCUT2D eigenvalue weighted by molar-refractivity contribution is 7.22. The third-order valence-electron chi connectivity index (χ3n) is 4.23. The maximum Gasteiger partial charge on any atom is 0.184 e. The van der Waals surface area contributed by atoms with Crippen LogP contribution in [0.5, 0.6) is 0 Å². The number of hydrogen-bond acceptors (Lipinski definition) is 3. The van der Waals surface area contributed by atoms with Crippen molar-refractivity contribution in [2.45, 2.75) is 53.0 Å². The lowest BCUT2D eigenvalue weighted by Gasteiger charge is -2.45. The molecule has 3 rings (SSSR count). The van der Waals surface area contributed by atoms with Gasteiger partial charge in [-0.05, 0) is 48.3 Å². The Kier molecular flexibility index (Phi) is 3.69. The van der Waals surface area contributed by atoms with Gasteiger partial charge in [0.25, 0.3) is 0 Å². The summed E-state index contributed by atoms with van der Waals surface area (Å²) in [5.41, 5.74) is 1.77. The average Bonchev–Trinajstić information content (AvgIpc) is 2.65. The molecule has 1 heterocycles. The molecule has 1 aromatic heterocycles. The molecule has 4 heteroatoms. The first kappa shape index (κ1) is 15.1. The van der Waals surface area contributed by atoms with Crippen LogP contribution in [0.4, 0.5) is 5.13 Å². The fraction of sp³-hybridized carbons (Fsp3) is 0.588. The van der Waals surface area contributed by atoms with Gasteiger partial charge in [0.2, 0.25) is 0 Å². The Balaban J connectivity index is 1.81. The molecule has 1 fully saturated rings. The number of anilines is 1. The van der Waals surface area contributed by atoms with Crippen LogP contribution in [0.15, 0.2) is 18.2 Å². The van der Waals surface area contributed by atoms with E-state index < -0.39 is 0 Å².